The number of rotatable bonds is 8. The van der Waals surface area contributed by atoms with E-state index >= 15 is 0 Å². The highest BCUT2D eigenvalue weighted by molar-refractivity contribution is 5.19. The molecule has 0 amide bonds. The van der Waals surface area contributed by atoms with Gasteiger partial charge in [-0.3, -0.25) is 0 Å². The molecule has 0 aromatic carbocycles. The van der Waals surface area contributed by atoms with Gasteiger partial charge < -0.3 is 19.4 Å². The van der Waals surface area contributed by atoms with Gasteiger partial charge in [0, 0.05) is 12.6 Å². The van der Waals surface area contributed by atoms with Crippen LogP contribution in [0.25, 0.3) is 0 Å². The van der Waals surface area contributed by atoms with E-state index in [4.69, 9.17) is 9.15 Å². The van der Waals surface area contributed by atoms with E-state index < -0.39 is 0 Å². The van der Waals surface area contributed by atoms with Crippen LogP contribution >= 0.6 is 0 Å². The molecule has 4 heteroatoms. The van der Waals surface area contributed by atoms with Gasteiger partial charge in [0.25, 0.3) is 0 Å². The van der Waals surface area contributed by atoms with E-state index in [-0.39, 0.29) is 0 Å². The summed E-state index contributed by atoms with van der Waals surface area (Å²) in [6.07, 6.45) is 6.70. The molecule has 0 spiro atoms. The minimum Gasteiger partial charge on any atom is -0.462 e. The topological polar surface area (TPSA) is 37.6 Å². The molecule has 21 heavy (non-hydrogen) atoms. The average molecular weight is 292 g/mol. The van der Waals surface area contributed by atoms with E-state index in [1.165, 1.54) is 50.8 Å². The first-order valence-electron chi connectivity index (χ1n) is 8.43. The summed E-state index contributed by atoms with van der Waals surface area (Å²) in [5.41, 5.74) is 1.23. The van der Waals surface area contributed by atoms with E-state index in [9.17, 15) is 0 Å². The number of likely N-dealkylation sites (tertiary alicyclic amines) is 1. The van der Waals surface area contributed by atoms with E-state index in [1.54, 1.807) is 0 Å². The Morgan fingerprint density at radius 1 is 1.29 bits per heavy atom. The van der Waals surface area contributed by atoms with Crippen LogP contribution in [0.3, 0.4) is 0 Å². The Morgan fingerprint density at radius 3 is 2.86 bits per heavy atom. The Kier molecular flexibility index (Phi) is 5.33. The van der Waals surface area contributed by atoms with E-state index in [1.807, 2.05) is 0 Å². The highest BCUT2D eigenvalue weighted by Crippen LogP contribution is 2.21. The first-order chi connectivity index (χ1) is 10.3. The maximum Gasteiger partial charge on any atom is 0.130 e. The van der Waals surface area contributed by atoms with Gasteiger partial charge in [-0.25, -0.2) is 0 Å². The highest BCUT2D eigenvalue weighted by atomic mass is 16.5. The maximum absolute atomic E-state index is 5.88. The molecule has 0 atom stereocenters. The lowest BCUT2D eigenvalue weighted by molar-refractivity contribution is 0.0758. The lowest BCUT2D eigenvalue weighted by Crippen LogP contribution is -2.32. The van der Waals surface area contributed by atoms with Gasteiger partial charge >= 0.3 is 0 Å². The van der Waals surface area contributed by atoms with E-state index in [0.717, 1.165) is 37.3 Å². The molecule has 2 heterocycles. The minimum atomic E-state index is 0.595. The van der Waals surface area contributed by atoms with Crippen LogP contribution in [0.1, 0.15) is 49.2 Å². The van der Waals surface area contributed by atoms with Gasteiger partial charge in [0.15, 0.2) is 0 Å². The van der Waals surface area contributed by atoms with Crippen LogP contribution in [0.2, 0.25) is 0 Å². The molecule has 0 unspecified atom stereocenters. The Morgan fingerprint density at radius 2 is 2.10 bits per heavy atom. The normalized spacial score (nSPS) is 20.0. The number of hydrogen-bond donors (Lipinski definition) is 1. The fourth-order valence-electron chi connectivity index (χ4n) is 2.91. The van der Waals surface area contributed by atoms with Crippen LogP contribution in [0.15, 0.2) is 10.5 Å². The summed E-state index contributed by atoms with van der Waals surface area (Å²) >= 11 is 0. The third-order valence-corrected chi connectivity index (χ3v) is 4.45. The molecule has 1 aromatic rings. The minimum absolute atomic E-state index is 0.595. The fraction of sp³-hybridized carbons (Fsp3) is 0.765. The second kappa shape index (κ2) is 7.43. The number of ether oxygens (including phenoxy) is 1. The summed E-state index contributed by atoms with van der Waals surface area (Å²) in [7, 11) is 0. The zero-order chi connectivity index (χ0) is 14.5. The molecule has 0 radical (unpaired) electrons. The van der Waals surface area contributed by atoms with Crippen molar-refractivity contribution in [1.29, 1.82) is 0 Å². The van der Waals surface area contributed by atoms with Gasteiger partial charge in [0.2, 0.25) is 0 Å². The first-order valence-corrected chi connectivity index (χ1v) is 8.43. The Balaban J connectivity index is 1.35. The molecule has 1 N–H and O–H groups in total. The molecule has 1 aromatic heterocycles. The Labute approximate surface area is 127 Å². The highest BCUT2D eigenvalue weighted by Gasteiger charge is 2.21. The van der Waals surface area contributed by atoms with Crippen molar-refractivity contribution in [3.05, 3.63) is 23.2 Å². The monoisotopic (exact) mass is 292 g/mol. The smallest absolute Gasteiger partial charge is 0.130 e. The van der Waals surface area contributed by atoms with Crippen molar-refractivity contribution < 1.29 is 9.15 Å². The summed E-state index contributed by atoms with van der Waals surface area (Å²) in [6.45, 7) is 7.89. The number of hydrogen-bond acceptors (Lipinski definition) is 4. The van der Waals surface area contributed by atoms with Crippen molar-refractivity contribution in [2.45, 2.75) is 58.2 Å². The molecule has 4 nitrogen and oxygen atoms in total. The number of piperidine rings is 1. The van der Waals surface area contributed by atoms with Crippen LogP contribution < -0.4 is 5.32 Å². The quantitative estimate of drug-likeness (QED) is 0.748. The van der Waals surface area contributed by atoms with Gasteiger partial charge in [0.05, 0.1) is 13.2 Å². The van der Waals surface area contributed by atoms with Crippen molar-refractivity contribution >= 4 is 0 Å². The predicted molar refractivity (Wildman–Crippen MR) is 83.3 cm³/mol. The van der Waals surface area contributed by atoms with Crippen molar-refractivity contribution in [3.8, 4) is 0 Å². The number of nitrogens with one attached hydrogen (secondary N) is 1. The Bertz CT molecular complexity index is 434. The third-order valence-electron chi connectivity index (χ3n) is 4.45. The Hall–Kier alpha value is -0.840. The molecule has 0 bridgehead atoms. The van der Waals surface area contributed by atoms with E-state index in [0.29, 0.717) is 6.61 Å². The first kappa shape index (κ1) is 15.1. The van der Waals surface area contributed by atoms with E-state index in [2.05, 4.69) is 23.2 Å². The average Bonchev–Trinajstić information content (AvgIpc) is 3.26. The third kappa shape index (κ3) is 4.83. The zero-order valence-corrected chi connectivity index (χ0v) is 13.2. The second-order valence-electron chi connectivity index (χ2n) is 6.43. The summed E-state index contributed by atoms with van der Waals surface area (Å²) < 4.78 is 11.7. The van der Waals surface area contributed by atoms with Crippen LogP contribution in [0.4, 0.5) is 0 Å². The fourth-order valence-corrected chi connectivity index (χ4v) is 2.91. The van der Waals surface area contributed by atoms with Crippen LogP contribution in [0, 0.1) is 6.92 Å². The zero-order valence-electron chi connectivity index (χ0n) is 13.2. The SMILES string of the molecule is Cc1cc(COCCN2CCCCC2)oc1CNC1CC1. The largest absolute Gasteiger partial charge is 0.462 e. The molecule has 1 aliphatic heterocycles. The lowest BCUT2D eigenvalue weighted by Gasteiger charge is -2.25. The van der Waals surface area contributed by atoms with Gasteiger partial charge in [-0.1, -0.05) is 6.42 Å². The molecule has 3 rings (SSSR count). The second-order valence-corrected chi connectivity index (χ2v) is 6.43. The molecule has 1 aliphatic carbocycles. The van der Waals surface area contributed by atoms with Crippen LogP contribution in [-0.4, -0.2) is 37.2 Å². The summed E-state index contributed by atoms with van der Waals surface area (Å²) in [4.78, 5) is 2.50. The molecule has 118 valence electrons. The molecular weight excluding hydrogens is 264 g/mol. The van der Waals surface area contributed by atoms with Gasteiger partial charge in [-0.2, -0.15) is 0 Å². The van der Waals surface area contributed by atoms with Crippen molar-refractivity contribution in [2.75, 3.05) is 26.2 Å². The summed E-state index contributed by atoms with van der Waals surface area (Å²) in [5, 5.41) is 3.50. The van der Waals surface area contributed by atoms with Crippen molar-refractivity contribution in [1.82, 2.24) is 10.2 Å². The number of aryl methyl sites for hydroxylation is 1. The molecular formula is C17H28N2O2. The lowest BCUT2D eigenvalue weighted by atomic mass is 10.1. The molecule has 1 saturated carbocycles. The van der Waals surface area contributed by atoms with Crippen molar-refractivity contribution in [3.63, 3.8) is 0 Å². The van der Waals surface area contributed by atoms with Crippen LogP contribution in [0.5, 0.6) is 0 Å². The van der Waals surface area contributed by atoms with Gasteiger partial charge in [-0.05, 0) is 57.3 Å². The van der Waals surface area contributed by atoms with Gasteiger partial charge in [0.1, 0.15) is 18.1 Å². The summed E-state index contributed by atoms with van der Waals surface area (Å²) in [6, 6.07) is 2.84. The predicted octanol–water partition coefficient (Wildman–Crippen LogP) is 2.84. The number of nitrogens with zero attached hydrogens (tertiary/aromatic N) is 1. The summed E-state index contributed by atoms with van der Waals surface area (Å²) in [5.74, 6) is 2.02. The molecule has 2 aliphatic rings. The van der Waals surface area contributed by atoms with Crippen molar-refractivity contribution in [2.24, 2.45) is 0 Å². The maximum atomic E-state index is 5.88. The standard InChI is InChI=1S/C17H28N2O2/c1-14-11-16(21-17(14)12-18-15-5-6-15)13-20-10-9-19-7-3-2-4-8-19/h11,15,18H,2-10,12-13H2,1H3. The molecule has 2 fully saturated rings. The molecule has 1 saturated heterocycles. The van der Waals surface area contributed by atoms with Gasteiger partial charge in [-0.15, -0.1) is 0 Å². The van der Waals surface area contributed by atoms with Crippen LogP contribution in [-0.2, 0) is 17.9 Å². The number of furan rings is 1.